The summed E-state index contributed by atoms with van der Waals surface area (Å²) in [5.74, 6) is -0.829. The molecule has 118 valence electrons. The van der Waals surface area contributed by atoms with Crippen molar-refractivity contribution >= 4 is 40.5 Å². The van der Waals surface area contributed by atoms with Gasteiger partial charge in [-0.2, -0.15) is 0 Å². The lowest BCUT2D eigenvalue weighted by Crippen LogP contribution is -2.47. The van der Waals surface area contributed by atoms with Crippen molar-refractivity contribution in [3.63, 3.8) is 0 Å². The van der Waals surface area contributed by atoms with Crippen molar-refractivity contribution in [1.82, 2.24) is 9.80 Å². The summed E-state index contributed by atoms with van der Waals surface area (Å²) in [7, 11) is 1.78. The molecular formula is C13H18Cl2N2O3S. The lowest BCUT2D eigenvalue weighted by Gasteiger charge is -2.34. The number of morpholine rings is 1. The minimum atomic E-state index is -0.829. The zero-order valence-corrected chi connectivity index (χ0v) is 14.0. The van der Waals surface area contributed by atoms with Crippen LogP contribution >= 0.6 is 34.5 Å². The molecule has 1 aliphatic rings. The summed E-state index contributed by atoms with van der Waals surface area (Å²) in [5, 5.41) is 11.4. The molecule has 1 atom stereocenters. The molecule has 1 saturated heterocycles. The van der Waals surface area contributed by atoms with Crippen LogP contribution < -0.4 is 0 Å². The van der Waals surface area contributed by atoms with E-state index in [1.54, 1.807) is 11.9 Å². The van der Waals surface area contributed by atoms with Crippen LogP contribution in [0.25, 0.3) is 0 Å². The monoisotopic (exact) mass is 352 g/mol. The first kappa shape index (κ1) is 17.0. The van der Waals surface area contributed by atoms with Crippen LogP contribution in [0.5, 0.6) is 0 Å². The molecule has 0 aliphatic carbocycles. The van der Waals surface area contributed by atoms with Crippen LogP contribution in [0.15, 0.2) is 5.38 Å². The number of thiophene rings is 1. The van der Waals surface area contributed by atoms with E-state index in [2.05, 4.69) is 4.90 Å². The van der Waals surface area contributed by atoms with Gasteiger partial charge in [-0.25, -0.2) is 0 Å². The molecule has 21 heavy (non-hydrogen) atoms. The van der Waals surface area contributed by atoms with Gasteiger partial charge in [-0.05, 0) is 18.0 Å². The summed E-state index contributed by atoms with van der Waals surface area (Å²) >= 11 is 13.6. The maximum atomic E-state index is 10.7. The van der Waals surface area contributed by atoms with E-state index in [0.717, 1.165) is 25.2 Å². The lowest BCUT2D eigenvalue weighted by atomic mass is 10.2. The fourth-order valence-electron chi connectivity index (χ4n) is 2.38. The molecule has 0 bridgehead atoms. The summed E-state index contributed by atoms with van der Waals surface area (Å²) in [6, 6.07) is 0. The van der Waals surface area contributed by atoms with Gasteiger partial charge in [0.15, 0.2) is 0 Å². The van der Waals surface area contributed by atoms with Crippen LogP contribution in [0.4, 0.5) is 0 Å². The number of hydrogen-bond acceptors (Lipinski definition) is 5. The predicted octanol–water partition coefficient (Wildman–Crippen LogP) is 2.27. The molecule has 2 heterocycles. The van der Waals surface area contributed by atoms with Crippen LogP contribution in [0.3, 0.4) is 0 Å². The minimum absolute atomic E-state index is 0.0102. The van der Waals surface area contributed by atoms with Crippen molar-refractivity contribution in [3.05, 3.63) is 20.3 Å². The fraction of sp³-hybridized carbons (Fsp3) is 0.615. The molecule has 8 heteroatoms. The third-order valence-electron chi connectivity index (χ3n) is 3.30. The number of likely N-dealkylation sites (N-methyl/N-ethyl adjacent to an activating group) is 1. The maximum Gasteiger partial charge on any atom is 0.317 e. The molecule has 1 N–H and O–H groups in total. The molecule has 1 aromatic rings. The zero-order chi connectivity index (χ0) is 15.4. The van der Waals surface area contributed by atoms with Gasteiger partial charge in [0.25, 0.3) is 0 Å². The minimum Gasteiger partial charge on any atom is -0.480 e. The standard InChI is InChI=1S/C13H18Cl2N2O3S/c1-16(7-11(18)19)5-10-6-17(2-3-20-10)4-9-8-21-13(15)12(9)14/h8,10H,2-7H2,1H3,(H,18,19). The van der Waals surface area contributed by atoms with E-state index in [4.69, 9.17) is 33.0 Å². The molecule has 0 saturated carbocycles. The van der Waals surface area contributed by atoms with E-state index in [0.29, 0.717) is 22.5 Å². The van der Waals surface area contributed by atoms with Gasteiger partial charge in [-0.1, -0.05) is 23.2 Å². The lowest BCUT2D eigenvalue weighted by molar-refractivity contribution is -0.138. The van der Waals surface area contributed by atoms with Crippen molar-refractivity contribution < 1.29 is 14.6 Å². The number of hydrogen-bond donors (Lipinski definition) is 1. The van der Waals surface area contributed by atoms with Crippen LogP contribution in [0.2, 0.25) is 9.36 Å². The van der Waals surface area contributed by atoms with E-state index in [1.165, 1.54) is 11.3 Å². The van der Waals surface area contributed by atoms with Gasteiger partial charge < -0.3 is 9.84 Å². The van der Waals surface area contributed by atoms with E-state index in [-0.39, 0.29) is 12.6 Å². The Bertz CT molecular complexity index is 498. The van der Waals surface area contributed by atoms with Gasteiger partial charge >= 0.3 is 5.97 Å². The quantitative estimate of drug-likeness (QED) is 0.850. The van der Waals surface area contributed by atoms with Gasteiger partial charge in [0.2, 0.25) is 0 Å². The molecule has 5 nitrogen and oxygen atoms in total. The largest absolute Gasteiger partial charge is 0.480 e. The summed E-state index contributed by atoms with van der Waals surface area (Å²) < 4.78 is 6.32. The van der Waals surface area contributed by atoms with Crippen molar-refractivity contribution in [2.24, 2.45) is 0 Å². The Labute approximate surface area is 138 Å². The van der Waals surface area contributed by atoms with Crippen molar-refractivity contribution in [2.45, 2.75) is 12.6 Å². The molecule has 1 fully saturated rings. The Hall–Kier alpha value is -0.370. The summed E-state index contributed by atoms with van der Waals surface area (Å²) in [4.78, 5) is 14.7. The molecule has 2 rings (SSSR count). The molecular weight excluding hydrogens is 335 g/mol. The van der Waals surface area contributed by atoms with E-state index >= 15 is 0 Å². The third kappa shape index (κ3) is 5.09. The highest BCUT2D eigenvalue weighted by Crippen LogP contribution is 2.33. The molecule has 0 radical (unpaired) electrons. The number of carboxylic acids is 1. The first-order valence-corrected chi connectivity index (χ1v) is 8.25. The number of carbonyl (C=O) groups is 1. The van der Waals surface area contributed by atoms with Gasteiger partial charge in [0.05, 0.1) is 24.3 Å². The normalized spacial score (nSPS) is 20.1. The molecule has 0 amide bonds. The van der Waals surface area contributed by atoms with Crippen molar-refractivity contribution in [1.29, 1.82) is 0 Å². The number of ether oxygens (including phenoxy) is 1. The Balaban J connectivity index is 1.86. The highest BCUT2D eigenvalue weighted by Gasteiger charge is 2.23. The number of carboxylic acid groups (broad SMARTS) is 1. The fourth-order valence-corrected chi connectivity index (χ4v) is 3.62. The van der Waals surface area contributed by atoms with E-state index < -0.39 is 5.97 Å². The van der Waals surface area contributed by atoms with E-state index in [1.807, 2.05) is 5.38 Å². The predicted molar refractivity (Wildman–Crippen MR) is 84.5 cm³/mol. The van der Waals surface area contributed by atoms with Crippen molar-refractivity contribution in [3.8, 4) is 0 Å². The Morgan fingerprint density at radius 2 is 2.38 bits per heavy atom. The highest BCUT2D eigenvalue weighted by molar-refractivity contribution is 7.15. The van der Waals surface area contributed by atoms with Gasteiger partial charge in [0.1, 0.15) is 4.34 Å². The van der Waals surface area contributed by atoms with Gasteiger partial charge in [-0.15, -0.1) is 11.3 Å². The Morgan fingerprint density at radius 1 is 1.62 bits per heavy atom. The van der Waals surface area contributed by atoms with Crippen LogP contribution in [-0.4, -0.2) is 66.8 Å². The topological polar surface area (TPSA) is 53.0 Å². The van der Waals surface area contributed by atoms with E-state index in [9.17, 15) is 4.79 Å². The Morgan fingerprint density at radius 3 is 3.00 bits per heavy atom. The number of halogens is 2. The number of aliphatic carboxylic acids is 1. The van der Waals surface area contributed by atoms with Gasteiger partial charge in [-0.3, -0.25) is 14.6 Å². The maximum absolute atomic E-state index is 10.7. The average molecular weight is 353 g/mol. The molecule has 1 unspecified atom stereocenters. The average Bonchev–Trinajstić information content (AvgIpc) is 2.70. The molecule has 0 aromatic carbocycles. The number of nitrogens with zero attached hydrogens (tertiary/aromatic N) is 2. The number of rotatable bonds is 6. The smallest absolute Gasteiger partial charge is 0.317 e. The first-order chi connectivity index (χ1) is 9.95. The third-order valence-corrected chi connectivity index (χ3v) is 5.21. The second-order valence-electron chi connectivity index (χ2n) is 5.17. The van der Waals surface area contributed by atoms with Crippen LogP contribution in [-0.2, 0) is 16.1 Å². The molecule has 1 aliphatic heterocycles. The van der Waals surface area contributed by atoms with Crippen LogP contribution in [0.1, 0.15) is 5.56 Å². The van der Waals surface area contributed by atoms with Crippen molar-refractivity contribution in [2.75, 3.05) is 39.8 Å². The SMILES string of the molecule is CN(CC(=O)O)CC1CN(Cc2csc(Cl)c2Cl)CCO1. The summed E-state index contributed by atoms with van der Waals surface area (Å²) in [6.07, 6.45) is 0.0102. The second-order valence-corrected chi connectivity index (χ2v) is 7.03. The summed E-state index contributed by atoms with van der Waals surface area (Å²) in [5.41, 5.74) is 1.03. The Kier molecular flexibility index (Phi) is 6.28. The molecule has 0 spiro atoms. The second kappa shape index (κ2) is 7.76. The zero-order valence-electron chi connectivity index (χ0n) is 11.7. The van der Waals surface area contributed by atoms with Crippen LogP contribution in [0, 0.1) is 0 Å². The highest BCUT2D eigenvalue weighted by atomic mass is 35.5. The first-order valence-electron chi connectivity index (χ1n) is 6.61. The summed E-state index contributed by atoms with van der Waals surface area (Å²) in [6.45, 7) is 3.59. The molecule has 1 aromatic heterocycles. The van der Waals surface area contributed by atoms with Gasteiger partial charge in [0, 0.05) is 26.2 Å².